The number of benzene rings is 2. The predicted molar refractivity (Wildman–Crippen MR) is 132 cm³/mol. The smallest absolute Gasteiger partial charge is 0.321 e. The highest BCUT2D eigenvalue weighted by atomic mass is 16.2. The molecule has 0 spiro atoms. The van der Waals surface area contributed by atoms with Gasteiger partial charge < -0.3 is 4.57 Å². The molecule has 7 heteroatoms. The summed E-state index contributed by atoms with van der Waals surface area (Å²) < 4.78 is 3.52. The van der Waals surface area contributed by atoms with Gasteiger partial charge in [-0.2, -0.15) is 0 Å². The van der Waals surface area contributed by atoms with Gasteiger partial charge in [0, 0.05) is 19.6 Å². The second-order valence-corrected chi connectivity index (χ2v) is 8.40. The molecule has 2 heterocycles. The molecule has 33 heavy (non-hydrogen) atoms. The standard InChI is InChI=1S/C26H31N5O2/c1-4-6-16-31-24-23(25(32)28-26(31)33)30(5-2)22(27-24)18-29(3)17-20-14-10-11-15-21(20)19-12-8-7-9-13-19/h7-15H,4-6,16-18H2,1-3H3,(H,28,32,33). The number of rotatable bonds is 9. The number of unbranched alkanes of at least 4 members (excludes halogenated alkanes) is 1. The molecule has 4 aromatic rings. The Labute approximate surface area is 193 Å². The first-order valence-electron chi connectivity index (χ1n) is 11.6. The Morgan fingerprint density at radius 1 is 0.939 bits per heavy atom. The third-order valence-electron chi connectivity index (χ3n) is 5.97. The van der Waals surface area contributed by atoms with Gasteiger partial charge in [0.1, 0.15) is 5.82 Å². The normalized spacial score (nSPS) is 11.5. The molecule has 2 aromatic heterocycles. The molecule has 0 radical (unpaired) electrons. The van der Waals surface area contributed by atoms with Crippen molar-refractivity contribution in [1.29, 1.82) is 0 Å². The fraction of sp³-hybridized carbons (Fsp3) is 0.346. The molecule has 0 fully saturated rings. The van der Waals surface area contributed by atoms with Crippen LogP contribution in [0.4, 0.5) is 0 Å². The van der Waals surface area contributed by atoms with Gasteiger partial charge in [0.15, 0.2) is 11.2 Å². The first-order valence-corrected chi connectivity index (χ1v) is 11.6. The number of H-pyrrole nitrogens is 1. The minimum absolute atomic E-state index is 0.375. The summed E-state index contributed by atoms with van der Waals surface area (Å²) in [4.78, 5) is 34.6. The summed E-state index contributed by atoms with van der Waals surface area (Å²) in [7, 11) is 2.05. The number of hydrogen-bond donors (Lipinski definition) is 1. The average molecular weight is 446 g/mol. The van der Waals surface area contributed by atoms with Crippen LogP contribution < -0.4 is 11.2 Å². The number of nitrogens with one attached hydrogen (secondary N) is 1. The molecule has 4 rings (SSSR count). The van der Waals surface area contributed by atoms with Crippen LogP contribution in [0.15, 0.2) is 64.2 Å². The Kier molecular flexibility index (Phi) is 6.89. The SMILES string of the molecule is CCCCn1c(=O)[nH]c(=O)c2c1nc(CN(C)Cc1ccccc1-c1ccccc1)n2CC. The first kappa shape index (κ1) is 22.7. The van der Waals surface area contributed by atoms with E-state index in [9.17, 15) is 9.59 Å². The lowest BCUT2D eigenvalue weighted by atomic mass is 9.99. The minimum Gasteiger partial charge on any atom is -0.321 e. The zero-order valence-electron chi connectivity index (χ0n) is 19.5. The monoisotopic (exact) mass is 445 g/mol. The topological polar surface area (TPSA) is 75.9 Å². The zero-order chi connectivity index (χ0) is 23.4. The lowest BCUT2D eigenvalue weighted by Gasteiger charge is -2.19. The second-order valence-electron chi connectivity index (χ2n) is 8.40. The van der Waals surface area contributed by atoms with Crippen molar-refractivity contribution >= 4 is 11.2 Å². The molecule has 0 aliphatic rings. The van der Waals surface area contributed by atoms with E-state index in [0.717, 1.165) is 25.2 Å². The maximum atomic E-state index is 12.7. The van der Waals surface area contributed by atoms with E-state index in [2.05, 4.69) is 72.4 Å². The van der Waals surface area contributed by atoms with Gasteiger partial charge in [0.25, 0.3) is 5.56 Å². The molecule has 0 saturated carbocycles. The van der Waals surface area contributed by atoms with Crippen molar-refractivity contribution in [3.05, 3.63) is 86.8 Å². The number of aryl methyl sites for hydroxylation is 2. The van der Waals surface area contributed by atoms with Crippen LogP contribution in [0.5, 0.6) is 0 Å². The van der Waals surface area contributed by atoms with E-state index in [0.29, 0.717) is 30.8 Å². The van der Waals surface area contributed by atoms with Crippen LogP contribution in [-0.2, 0) is 26.2 Å². The highest BCUT2D eigenvalue weighted by Crippen LogP contribution is 2.25. The Balaban J connectivity index is 1.67. The molecule has 0 aliphatic carbocycles. The highest BCUT2D eigenvalue weighted by Gasteiger charge is 2.19. The van der Waals surface area contributed by atoms with Crippen molar-refractivity contribution in [3.8, 4) is 11.1 Å². The van der Waals surface area contributed by atoms with Crippen LogP contribution in [0.2, 0.25) is 0 Å². The lowest BCUT2D eigenvalue weighted by Crippen LogP contribution is -2.31. The van der Waals surface area contributed by atoms with Gasteiger partial charge in [-0.25, -0.2) is 9.78 Å². The summed E-state index contributed by atoms with van der Waals surface area (Å²) in [6.07, 6.45) is 1.81. The molecule has 2 aromatic carbocycles. The summed E-state index contributed by atoms with van der Waals surface area (Å²) >= 11 is 0. The van der Waals surface area contributed by atoms with Crippen molar-refractivity contribution in [2.45, 2.75) is 52.9 Å². The van der Waals surface area contributed by atoms with Gasteiger partial charge >= 0.3 is 5.69 Å². The number of imidazole rings is 1. The van der Waals surface area contributed by atoms with E-state index in [1.165, 1.54) is 16.7 Å². The van der Waals surface area contributed by atoms with Gasteiger partial charge in [-0.3, -0.25) is 19.2 Å². The van der Waals surface area contributed by atoms with E-state index in [4.69, 9.17) is 4.98 Å². The second kappa shape index (κ2) is 10.0. The number of aromatic amines is 1. The molecule has 172 valence electrons. The quantitative estimate of drug-likeness (QED) is 0.422. The Hall–Kier alpha value is -3.45. The number of hydrogen-bond acceptors (Lipinski definition) is 4. The lowest BCUT2D eigenvalue weighted by molar-refractivity contribution is 0.306. The van der Waals surface area contributed by atoms with E-state index in [1.54, 1.807) is 4.57 Å². The summed E-state index contributed by atoms with van der Waals surface area (Å²) in [6, 6.07) is 18.8. The maximum absolute atomic E-state index is 12.7. The number of aromatic nitrogens is 4. The molecule has 0 unspecified atom stereocenters. The molecule has 0 atom stereocenters. The van der Waals surface area contributed by atoms with E-state index in [-0.39, 0.29) is 5.56 Å². The van der Waals surface area contributed by atoms with Crippen molar-refractivity contribution in [1.82, 2.24) is 24.0 Å². The fourth-order valence-corrected chi connectivity index (χ4v) is 4.35. The third kappa shape index (κ3) is 4.68. The molecule has 0 saturated heterocycles. The number of fused-ring (bicyclic) bond motifs is 1. The summed E-state index contributed by atoms with van der Waals surface area (Å²) in [5.74, 6) is 0.786. The van der Waals surface area contributed by atoms with E-state index >= 15 is 0 Å². The van der Waals surface area contributed by atoms with Gasteiger partial charge in [-0.1, -0.05) is 67.9 Å². The van der Waals surface area contributed by atoms with Gasteiger partial charge in [-0.15, -0.1) is 0 Å². The molecular weight excluding hydrogens is 414 g/mol. The first-order chi connectivity index (χ1) is 16.0. The maximum Gasteiger partial charge on any atom is 0.330 e. The van der Waals surface area contributed by atoms with E-state index in [1.807, 2.05) is 17.6 Å². The molecule has 0 aliphatic heterocycles. The Bertz CT molecular complexity index is 1350. The Morgan fingerprint density at radius 3 is 2.39 bits per heavy atom. The predicted octanol–water partition coefficient (Wildman–Crippen LogP) is 4.01. The molecule has 0 amide bonds. The molecule has 1 N–H and O–H groups in total. The number of nitrogens with zero attached hydrogens (tertiary/aromatic N) is 4. The van der Waals surface area contributed by atoms with Crippen LogP contribution in [0, 0.1) is 0 Å². The van der Waals surface area contributed by atoms with Crippen molar-refractivity contribution < 1.29 is 0 Å². The largest absolute Gasteiger partial charge is 0.330 e. The van der Waals surface area contributed by atoms with E-state index < -0.39 is 5.69 Å². The molecule has 7 nitrogen and oxygen atoms in total. The van der Waals surface area contributed by atoms with Gasteiger partial charge in [0.05, 0.1) is 6.54 Å². The van der Waals surface area contributed by atoms with Crippen LogP contribution in [0.3, 0.4) is 0 Å². The van der Waals surface area contributed by atoms with Crippen LogP contribution in [-0.4, -0.2) is 31.0 Å². The van der Waals surface area contributed by atoms with Crippen molar-refractivity contribution in [2.75, 3.05) is 7.05 Å². The van der Waals surface area contributed by atoms with Crippen molar-refractivity contribution in [2.24, 2.45) is 0 Å². The van der Waals surface area contributed by atoms with Crippen molar-refractivity contribution in [3.63, 3.8) is 0 Å². The molecule has 0 bridgehead atoms. The zero-order valence-corrected chi connectivity index (χ0v) is 19.5. The van der Waals surface area contributed by atoms with Crippen LogP contribution in [0.1, 0.15) is 38.1 Å². The average Bonchev–Trinajstić information content (AvgIpc) is 3.18. The van der Waals surface area contributed by atoms with Crippen LogP contribution in [0.25, 0.3) is 22.3 Å². The van der Waals surface area contributed by atoms with Gasteiger partial charge in [-0.05, 0) is 37.1 Å². The summed E-state index contributed by atoms with van der Waals surface area (Å²) in [6.45, 7) is 6.52. The van der Waals surface area contributed by atoms with Gasteiger partial charge in [0.2, 0.25) is 0 Å². The highest BCUT2D eigenvalue weighted by molar-refractivity contribution is 5.71. The third-order valence-corrected chi connectivity index (χ3v) is 5.97. The fourth-order valence-electron chi connectivity index (χ4n) is 4.35. The summed E-state index contributed by atoms with van der Waals surface area (Å²) in [5.41, 5.74) is 3.81. The van der Waals surface area contributed by atoms with Crippen LogP contribution >= 0.6 is 0 Å². The summed E-state index contributed by atoms with van der Waals surface area (Å²) in [5, 5.41) is 0. The molecular formula is C26H31N5O2. The minimum atomic E-state index is -0.390. The Morgan fingerprint density at radius 2 is 1.67 bits per heavy atom.